The van der Waals surface area contributed by atoms with Gasteiger partial charge in [-0.05, 0) is 38.5 Å². The zero-order valence-electron chi connectivity index (χ0n) is 45.6. The van der Waals surface area contributed by atoms with Crippen molar-refractivity contribution in [2.75, 3.05) is 13.2 Å². The molecule has 0 rings (SSSR count). The predicted octanol–water partition coefficient (Wildman–Crippen LogP) is 20.0. The van der Waals surface area contributed by atoms with Crippen LogP contribution in [0.4, 0.5) is 0 Å². The molecule has 0 aliphatic rings. The Morgan fingerprint density at radius 3 is 0.882 bits per heavy atom. The average Bonchev–Trinajstić information content (AvgIpc) is 3.34. The number of carbonyl (C=O) groups is 3. The summed E-state index contributed by atoms with van der Waals surface area (Å²) in [5, 5.41) is 0. The lowest BCUT2D eigenvalue weighted by Crippen LogP contribution is -2.30. The summed E-state index contributed by atoms with van der Waals surface area (Å²) in [7, 11) is 0. The minimum atomic E-state index is -0.773. The zero-order valence-corrected chi connectivity index (χ0v) is 45.6. The van der Waals surface area contributed by atoms with E-state index in [0.717, 1.165) is 70.6 Å². The summed E-state index contributed by atoms with van der Waals surface area (Å²) in [5.74, 6) is -0.860. The Hall–Kier alpha value is -2.37. The molecule has 0 aliphatic carbocycles. The highest BCUT2D eigenvalue weighted by molar-refractivity contribution is 5.71. The van der Waals surface area contributed by atoms with Crippen molar-refractivity contribution in [2.45, 2.75) is 329 Å². The molecule has 0 saturated heterocycles. The first-order chi connectivity index (χ1) is 33.5. The maximum absolute atomic E-state index is 12.9. The number of hydrogen-bond acceptors (Lipinski definition) is 6. The minimum Gasteiger partial charge on any atom is -0.462 e. The molecule has 6 heteroatoms. The molecule has 0 aliphatic heterocycles. The van der Waals surface area contributed by atoms with E-state index in [4.69, 9.17) is 14.2 Å². The van der Waals surface area contributed by atoms with Gasteiger partial charge in [-0.3, -0.25) is 14.4 Å². The highest BCUT2D eigenvalue weighted by atomic mass is 16.6. The second kappa shape index (κ2) is 57.2. The van der Waals surface area contributed by atoms with Crippen molar-refractivity contribution >= 4 is 17.9 Å². The summed E-state index contributed by atoms with van der Waals surface area (Å²) in [6, 6.07) is 0. The van der Waals surface area contributed by atoms with Crippen molar-refractivity contribution in [3.63, 3.8) is 0 Å². The Kier molecular flexibility index (Phi) is 55.2. The Labute approximate surface area is 423 Å². The van der Waals surface area contributed by atoms with Crippen molar-refractivity contribution < 1.29 is 28.6 Å². The van der Waals surface area contributed by atoms with Crippen LogP contribution in [0.15, 0.2) is 36.5 Å². The van der Waals surface area contributed by atoms with Gasteiger partial charge in [0.1, 0.15) is 13.2 Å². The molecular weight excluding hydrogens is 841 g/mol. The smallest absolute Gasteiger partial charge is 0.306 e. The van der Waals surface area contributed by atoms with Gasteiger partial charge in [0.25, 0.3) is 0 Å². The van der Waals surface area contributed by atoms with Gasteiger partial charge in [0, 0.05) is 19.3 Å². The van der Waals surface area contributed by atoms with Crippen LogP contribution in [-0.2, 0) is 28.6 Å². The van der Waals surface area contributed by atoms with Crippen LogP contribution in [0.25, 0.3) is 0 Å². The Bertz CT molecular complexity index is 1140. The molecule has 0 aromatic heterocycles. The molecule has 0 heterocycles. The van der Waals surface area contributed by atoms with Crippen molar-refractivity contribution in [2.24, 2.45) is 0 Å². The first kappa shape index (κ1) is 65.6. The molecule has 68 heavy (non-hydrogen) atoms. The third kappa shape index (κ3) is 54.6. The van der Waals surface area contributed by atoms with Crippen LogP contribution in [0.2, 0.25) is 0 Å². The fraction of sp³-hybridized carbons (Fsp3) is 0.855. The molecule has 0 bridgehead atoms. The minimum absolute atomic E-state index is 0.0707. The summed E-state index contributed by atoms with van der Waals surface area (Å²) in [6.07, 6.45) is 68.5. The second-order valence-electron chi connectivity index (χ2n) is 20.3. The van der Waals surface area contributed by atoms with Gasteiger partial charge in [0.15, 0.2) is 6.10 Å². The van der Waals surface area contributed by atoms with E-state index in [1.165, 1.54) is 212 Å². The van der Waals surface area contributed by atoms with Crippen LogP contribution in [-0.4, -0.2) is 37.2 Å². The number of unbranched alkanes of at least 4 members (excludes halogenated alkanes) is 40. The lowest BCUT2D eigenvalue weighted by molar-refractivity contribution is -0.167. The van der Waals surface area contributed by atoms with E-state index in [0.29, 0.717) is 19.3 Å². The van der Waals surface area contributed by atoms with E-state index in [1.54, 1.807) is 0 Å². The van der Waals surface area contributed by atoms with E-state index in [1.807, 2.05) is 0 Å². The highest BCUT2D eigenvalue weighted by Crippen LogP contribution is 2.18. The lowest BCUT2D eigenvalue weighted by atomic mass is 10.0. The molecule has 1 atom stereocenters. The Morgan fingerprint density at radius 2 is 0.574 bits per heavy atom. The topological polar surface area (TPSA) is 78.9 Å². The molecule has 0 fully saturated rings. The SMILES string of the molecule is CC\C=C/C=C\C=C/CCCCCCCCCC(=O)OCC(COC(=O)CCCCCCCCCCCCCCCCCCCC)OC(=O)CCCCCCCCCCCCCCCCCCC. The predicted molar refractivity (Wildman–Crippen MR) is 293 cm³/mol. The number of allylic oxidation sites excluding steroid dienone is 6. The molecule has 0 saturated carbocycles. The molecule has 0 N–H and O–H groups in total. The molecule has 0 amide bonds. The Balaban J connectivity index is 4.32. The van der Waals surface area contributed by atoms with Crippen LogP contribution in [0.3, 0.4) is 0 Å². The van der Waals surface area contributed by atoms with Crippen LogP contribution in [0, 0.1) is 0 Å². The molecule has 0 aromatic rings. The van der Waals surface area contributed by atoms with Crippen molar-refractivity contribution in [1.82, 2.24) is 0 Å². The second-order valence-corrected chi connectivity index (χ2v) is 20.3. The zero-order chi connectivity index (χ0) is 49.3. The maximum atomic E-state index is 12.9. The summed E-state index contributed by atoms with van der Waals surface area (Å²) in [4.78, 5) is 38.2. The summed E-state index contributed by atoms with van der Waals surface area (Å²) >= 11 is 0. The van der Waals surface area contributed by atoms with E-state index in [2.05, 4.69) is 57.2 Å². The first-order valence-electron chi connectivity index (χ1n) is 30.0. The molecule has 398 valence electrons. The van der Waals surface area contributed by atoms with E-state index in [-0.39, 0.29) is 31.1 Å². The van der Waals surface area contributed by atoms with Gasteiger partial charge in [0.05, 0.1) is 0 Å². The molecule has 6 nitrogen and oxygen atoms in total. The molecular formula is C62H114O6. The fourth-order valence-electron chi connectivity index (χ4n) is 8.98. The van der Waals surface area contributed by atoms with Gasteiger partial charge >= 0.3 is 17.9 Å². The van der Waals surface area contributed by atoms with E-state index < -0.39 is 6.10 Å². The van der Waals surface area contributed by atoms with Crippen molar-refractivity contribution in [3.8, 4) is 0 Å². The molecule has 0 radical (unpaired) electrons. The van der Waals surface area contributed by atoms with Crippen LogP contribution < -0.4 is 0 Å². The number of esters is 3. The highest BCUT2D eigenvalue weighted by Gasteiger charge is 2.19. The van der Waals surface area contributed by atoms with E-state index in [9.17, 15) is 14.4 Å². The average molecular weight is 956 g/mol. The van der Waals surface area contributed by atoms with E-state index >= 15 is 0 Å². The standard InChI is InChI=1S/C62H114O6/c1-4-7-10-13-16-19-22-25-28-30-32-34-37-40-43-46-49-52-55-61(64)67-58-59(57-66-60(63)54-51-48-45-42-39-36-33-27-24-21-18-15-12-9-6-3)68-62(65)56-53-50-47-44-41-38-35-31-29-26-23-20-17-14-11-8-5-2/h9,12,15,18,21,24,59H,4-8,10-11,13-14,16-17,19-20,22-23,25-58H2,1-3H3/b12-9-,18-15-,24-21-. The van der Waals surface area contributed by atoms with Crippen LogP contribution in [0.5, 0.6) is 0 Å². The van der Waals surface area contributed by atoms with Gasteiger partial charge in [0.2, 0.25) is 0 Å². The van der Waals surface area contributed by atoms with Crippen molar-refractivity contribution in [3.05, 3.63) is 36.5 Å². The van der Waals surface area contributed by atoms with Crippen molar-refractivity contribution in [1.29, 1.82) is 0 Å². The number of ether oxygens (including phenoxy) is 3. The van der Waals surface area contributed by atoms with Gasteiger partial charge in [-0.2, -0.15) is 0 Å². The van der Waals surface area contributed by atoms with Gasteiger partial charge < -0.3 is 14.2 Å². The summed E-state index contributed by atoms with van der Waals surface area (Å²) in [6.45, 7) is 6.56. The number of rotatable bonds is 55. The summed E-state index contributed by atoms with van der Waals surface area (Å²) < 4.78 is 16.9. The van der Waals surface area contributed by atoms with Gasteiger partial charge in [-0.1, -0.05) is 301 Å². The fourth-order valence-corrected chi connectivity index (χ4v) is 8.98. The first-order valence-corrected chi connectivity index (χ1v) is 30.0. The molecule has 0 aromatic carbocycles. The Morgan fingerprint density at radius 1 is 0.309 bits per heavy atom. The normalized spacial score (nSPS) is 12.2. The van der Waals surface area contributed by atoms with Crippen LogP contribution >= 0.6 is 0 Å². The third-order valence-electron chi connectivity index (χ3n) is 13.5. The summed E-state index contributed by atoms with van der Waals surface area (Å²) in [5.41, 5.74) is 0. The van der Waals surface area contributed by atoms with Crippen LogP contribution in [0.1, 0.15) is 323 Å². The van der Waals surface area contributed by atoms with Gasteiger partial charge in [-0.25, -0.2) is 0 Å². The maximum Gasteiger partial charge on any atom is 0.306 e. The van der Waals surface area contributed by atoms with Gasteiger partial charge in [-0.15, -0.1) is 0 Å². The molecule has 1 unspecified atom stereocenters. The number of hydrogen-bond donors (Lipinski definition) is 0. The third-order valence-corrected chi connectivity index (χ3v) is 13.5. The quantitative estimate of drug-likeness (QED) is 0.0262. The monoisotopic (exact) mass is 955 g/mol. The lowest BCUT2D eigenvalue weighted by Gasteiger charge is -2.18. The molecule has 0 spiro atoms. The largest absolute Gasteiger partial charge is 0.462 e. The number of carbonyl (C=O) groups excluding carboxylic acids is 3.